The molecule has 1 amide bonds. The molecule has 1 saturated carbocycles. The molecule has 15 heavy (non-hydrogen) atoms. The molecule has 1 aliphatic rings. The second-order valence-corrected chi connectivity index (χ2v) is 19.8. The van der Waals surface area contributed by atoms with Crippen molar-refractivity contribution in [1.82, 2.24) is 5.43 Å². The summed E-state index contributed by atoms with van der Waals surface area (Å²) in [7, 11) is 0. The van der Waals surface area contributed by atoms with E-state index in [-0.39, 0.29) is 5.91 Å². The van der Waals surface area contributed by atoms with Gasteiger partial charge in [-0.15, -0.1) is 0 Å². The molecule has 0 atom stereocenters. The molecule has 0 aliphatic heterocycles. The van der Waals surface area contributed by atoms with Gasteiger partial charge in [-0.2, -0.15) is 0 Å². The van der Waals surface area contributed by atoms with Gasteiger partial charge in [0.25, 0.3) is 0 Å². The molecule has 1 aliphatic carbocycles. The van der Waals surface area contributed by atoms with Crippen molar-refractivity contribution in [3.63, 3.8) is 0 Å². The summed E-state index contributed by atoms with van der Waals surface area (Å²) >= 11 is -2.33. The van der Waals surface area contributed by atoms with Crippen LogP contribution in [0.1, 0.15) is 26.2 Å². The summed E-state index contributed by atoms with van der Waals surface area (Å²) in [4.78, 5) is 18.5. The molecule has 3 nitrogen and oxygen atoms in total. The number of hydrogen-bond donors (Lipinski definition) is 2. The molecular weight excluding hydrogens is 295 g/mol. The van der Waals surface area contributed by atoms with E-state index in [2.05, 4.69) is 27.2 Å². The number of nitrogens with one attached hydrogen (secondary N) is 1. The molecule has 1 fully saturated rings. The summed E-state index contributed by atoms with van der Waals surface area (Å²) in [5.41, 5.74) is 3.58. The van der Waals surface area contributed by atoms with Crippen LogP contribution in [-0.2, 0) is 4.79 Å². The summed E-state index contributed by atoms with van der Waals surface area (Å²) in [6, 6.07) is 0. The summed E-state index contributed by atoms with van der Waals surface area (Å²) in [5.74, 6) is 6.04. The van der Waals surface area contributed by atoms with Gasteiger partial charge in [0.2, 0.25) is 0 Å². The number of carbonyl (C=O) groups is 1. The number of nitrogens with two attached hydrogens (primary N) is 1. The zero-order valence-electron chi connectivity index (χ0n) is 10.2. The zero-order valence-corrected chi connectivity index (χ0v) is 13.0. The molecule has 4 heteroatoms. The van der Waals surface area contributed by atoms with Crippen molar-refractivity contribution in [2.75, 3.05) is 0 Å². The Morgan fingerprint density at radius 2 is 1.93 bits per heavy atom. The number of carbonyl (C=O) groups excluding carboxylic acids is 1. The molecule has 0 bridgehead atoms. The van der Waals surface area contributed by atoms with E-state index < -0.39 is 18.4 Å². The number of rotatable bonds is 4. The van der Waals surface area contributed by atoms with Crippen molar-refractivity contribution in [3.05, 3.63) is 9.16 Å². The van der Waals surface area contributed by atoms with E-state index in [1.807, 2.05) is 0 Å². The van der Waals surface area contributed by atoms with Crippen LogP contribution in [0.3, 0.4) is 0 Å². The number of allylic oxidation sites excluding steroid dienone is 1. The van der Waals surface area contributed by atoms with Gasteiger partial charge in [0, 0.05) is 0 Å². The minimum atomic E-state index is -2.33. The first-order valence-corrected chi connectivity index (χ1v) is 15.6. The fourth-order valence-corrected chi connectivity index (χ4v) is 8.20. The predicted octanol–water partition coefficient (Wildman–Crippen LogP) is 1.97. The van der Waals surface area contributed by atoms with Crippen molar-refractivity contribution < 1.29 is 4.79 Å². The predicted molar refractivity (Wildman–Crippen MR) is 65.7 cm³/mol. The van der Waals surface area contributed by atoms with Crippen LogP contribution in [0.15, 0.2) is 9.16 Å². The van der Waals surface area contributed by atoms with Crippen LogP contribution < -0.4 is 11.3 Å². The van der Waals surface area contributed by atoms with Crippen LogP contribution in [0.4, 0.5) is 0 Å². The molecule has 0 spiro atoms. The molecule has 0 aromatic heterocycles. The standard InChI is InChI=1S/C8H13N2O.3CH3.Sn/c1-6(4-7-2-3-7)5-8(11)10-9;;;;/h7H,2-4,9H2,1H3,(H,10,11);3*1H3;. The normalized spacial score (nSPS) is 18.5. The Kier molecular flexibility index (Phi) is 4.23. The average Bonchev–Trinajstić information content (AvgIpc) is 2.85. The van der Waals surface area contributed by atoms with Gasteiger partial charge in [-0.05, 0) is 0 Å². The van der Waals surface area contributed by atoms with E-state index in [9.17, 15) is 4.79 Å². The van der Waals surface area contributed by atoms with Gasteiger partial charge in [0.05, 0.1) is 0 Å². The van der Waals surface area contributed by atoms with Gasteiger partial charge in [-0.1, -0.05) is 0 Å². The van der Waals surface area contributed by atoms with Gasteiger partial charge in [0.15, 0.2) is 0 Å². The summed E-state index contributed by atoms with van der Waals surface area (Å²) < 4.78 is 1.05. The fourth-order valence-electron chi connectivity index (χ4n) is 2.10. The van der Waals surface area contributed by atoms with Crippen molar-refractivity contribution in [3.8, 4) is 0 Å². The second-order valence-electron chi connectivity index (χ2n) is 5.53. The Bertz CT molecular complexity index is 287. The first-order valence-electron chi connectivity index (χ1n) is 5.57. The molecule has 0 heterocycles. The number of hydrogen-bond acceptors (Lipinski definition) is 2. The van der Waals surface area contributed by atoms with E-state index >= 15 is 0 Å². The summed E-state index contributed by atoms with van der Waals surface area (Å²) in [6.07, 6.45) is 3.75. The van der Waals surface area contributed by atoms with Crippen LogP contribution in [0.2, 0.25) is 14.8 Å². The average molecular weight is 317 g/mol. The summed E-state index contributed by atoms with van der Waals surface area (Å²) in [5, 5.41) is 0. The summed E-state index contributed by atoms with van der Waals surface area (Å²) in [6.45, 7) is 2.10. The molecular formula is C11H22N2OSn. The van der Waals surface area contributed by atoms with E-state index in [0.717, 1.165) is 15.9 Å². The topological polar surface area (TPSA) is 55.1 Å². The van der Waals surface area contributed by atoms with Crippen LogP contribution in [0, 0.1) is 5.92 Å². The van der Waals surface area contributed by atoms with Gasteiger partial charge in [0.1, 0.15) is 0 Å². The van der Waals surface area contributed by atoms with E-state index in [1.54, 1.807) is 0 Å². The van der Waals surface area contributed by atoms with Crippen molar-refractivity contribution in [2.24, 2.45) is 11.8 Å². The Labute approximate surface area is 96.3 Å². The molecule has 3 N–H and O–H groups in total. The molecule has 0 aromatic carbocycles. The first-order chi connectivity index (χ1) is 6.86. The third kappa shape index (κ3) is 3.79. The van der Waals surface area contributed by atoms with Gasteiger partial charge in [-0.3, -0.25) is 0 Å². The SMILES string of the molecule is CC(CC1CC1)=[C](C(=O)NN)[Sn]([CH3])([CH3])[CH3]. The minimum absolute atomic E-state index is 0.0450. The monoisotopic (exact) mass is 318 g/mol. The van der Waals surface area contributed by atoms with E-state index in [1.165, 1.54) is 18.4 Å². The zero-order chi connectivity index (χ0) is 11.6. The Morgan fingerprint density at radius 3 is 2.27 bits per heavy atom. The number of hydrazine groups is 1. The third-order valence-electron chi connectivity index (χ3n) is 2.83. The van der Waals surface area contributed by atoms with Crippen LogP contribution >= 0.6 is 0 Å². The molecule has 86 valence electrons. The maximum atomic E-state index is 11.8. The molecule has 0 saturated heterocycles. The van der Waals surface area contributed by atoms with Crippen LogP contribution in [0.5, 0.6) is 0 Å². The first kappa shape index (κ1) is 13.0. The van der Waals surface area contributed by atoms with Gasteiger partial charge >= 0.3 is 96.4 Å². The molecule has 0 unspecified atom stereocenters. The molecule has 0 aromatic rings. The van der Waals surface area contributed by atoms with Crippen molar-refractivity contribution in [2.45, 2.75) is 41.0 Å². The maximum absolute atomic E-state index is 11.8. The Hall–Kier alpha value is -0.0313. The quantitative estimate of drug-likeness (QED) is 0.274. The fraction of sp³-hybridized carbons (Fsp3) is 0.727. The molecule has 0 radical (unpaired) electrons. The van der Waals surface area contributed by atoms with E-state index in [0.29, 0.717) is 0 Å². The van der Waals surface area contributed by atoms with Crippen LogP contribution in [-0.4, -0.2) is 24.3 Å². The Balaban J connectivity index is 2.90. The van der Waals surface area contributed by atoms with Crippen LogP contribution in [0.25, 0.3) is 0 Å². The van der Waals surface area contributed by atoms with Crippen molar-refractivity contribution >= 4 is 24.3 Å². The van der Waals surface area contributed by atoms with Gasteiger partial charge in [-0.25, -0.2) is 0 Å². The van der Waals surface area contributed by atoms with E-state index in [4.69, 9.17) is 5.84 Å². The third-order valence-corrected chi connectivity index (χ3v) is 8.97. The van der Waals surface area contributed by atoms with Gasteiger partial charge < -0.3 is 0 Å². The van der Waals surface area contributed by atoms with Crippen molar-refractivity contribution in [1.29, 1.82) is 0 Å². The Morgan fingerprint density at radius 1 is 1.40 bits per heavy atom. The number of amides is 1. The second kappa shape index (κ2) is 4.87. The molecule has 1 rings (SSSR count).